The summed E-state index contributed by atoms with van der Waals surface area (Å²) in [4.78, 5) is 34.7. The van der Waals surface area contributed by atoms with Crippen molar-refractivity contribution in [2.45, 2.75) is 38.2 Å². The van der Waals surface area contributed by atoms with E-state index in [2.05, 4.69) is 35.1 Å². The average Bonchev–Trinajstić information content (AvgIpc) is 3.26. The molecule has 1 aromatic heterocycles. The number of hydrogen-bond acceptors (Lipinski definition) is 5. The number of ether oxygens (including phenoxy) is 1. The Morgan fingerprint density at radius 3 is 2.94 bits per heavy atom. The van der Waals surface area contributed by atoms with Crippen LogP contribution in [0.5, 0.6) is 0 Å². The lowest BCUT2D eigenvalue weighted by Gasteiger charge is -2.25. The molecule has 1 atom stereocenters. The summed E-state index contributed by atoms with van der Waals surface area (Å²) in [5.41, 5.74) is 2.89. The van der Waals surface area contributed by atoms with Crippen LogP contribution in [0.2, 0.25) is 0 Å². The summed E-state index contributed by atoms with van der Waals surface area (Å²) in [6, 6.07) is 15.6. The highest BCUT2D eigenvalue weighted by molar-refractivity contribution is 7.99. The molecule has 1 unspecified atom stereocenters. The van der Waals surface area contributed by atoms with Gasteiger partial charge in [0.2, 0.25) is 5.91 Å². The summed E-state index contributed by atoms with van der Waals surface area (Å²) in [5.74, 6) is 1.69. The van der Waals surface area contributed by atoms with Gasteiger partial charge in [-0.2, -0.15) is 0 Å². The lowest BCUT2D eigenvalue weighted by atomic mass is 10.2. The zero-order valence-corrected chi connectivity index (χ0v) is 18.5. The smallest absolute Gasteiger partial charge is 0.258 e. The Bertz CT molecular complexity index is 1110. The molecule has 1 N–H and O–H groups in total. The average molecular weight is 438 g/mol. The van der Waals surface area contributed by atoms with Crippen molar-refractivity contribution in [1.29, 1.82) is 0 Å². The van der Waals surface area contributed by atoms with Crippen LogP contribution < -0.4 is 5.56 Å². The van der Waals surface area contributed by atoms with Crippen LogP contribution in [0.3, 0.4) is 0 Å². The van der Waals surface area contributed by atoms with Gasteiger partial charge in [0.25, 0.3) is 5.56 Å². The van der Waals surface area contributed by atoms with Crippen LogP contribution in [0.25, 0.3) is 10.9 Å². The van der Waals surface area contributed by atoms with E-state index < -0.39 is 0 Å². The van der Waals surface area contributed by atoms with E-state index in [1.807, 2.05) is 24.3 Å². The number of para-hydroxylation sites is 1. The van der Waals surface area contributed by atoms with Crippen LogP contribution in [0.15, 0.2) is 53.3 Å². The predicted molar refractivity (Wildman–Crippen MR) is 124 cm³/mol. The first-order valence-corrected chi connectivity index (χ1v) is 11.7. The Hall–Kier alpha value is -2.64. The molecule has 0 bridgehead atoms. The summed E-state index contributed by atoms with van der Waals surface area (Å²) in [6.07, 6.45) is 2.00. The fourth-order valence-corrected chi connectivity index (χ4v) is 4.70. The summed E-state index contributed by atoms with van der Waals surface area (Å²) in [7, 11) is 0. The second-order valence-corrected chi connectivity index (χ2v) is 8.91. The molecule has 162 valence electrons. The number of amides is 1. The van der Waals surface area contributed by atoms with Gasteiger partial charge in [-0.1, -0.05) is 42.0 Å². The first-order valence-electron chi connectivity index (χ1n) is 10.6. The number of thioether (sulfide) groups is 1. The molecule has 0 saturated carbocycles. The molecule has 3 aromatic rings. The third kappa shape index (κ3) is 5.74. The van der Waals surface area contributed by atoms with Crippen molar-refractivity contribution in [1.82, 2.24) is 14.9 Å². The van der Waals surface area contributed by atoms with Crippen LogP contribution in [0.1, 0.15) is 29.8 Å². The van der Waals surface area contributed by atoms with E-state index in [4.69, 9.17) is 4.74 Å². The Labute approximate surface area is 186 Å². The first-order chi connectivity index (χ1) is 15.1. The highest BCUT2D eigenvalue weighted by atomic mass is 32.2. The molecule has 1 aliphatic rings. The van der Waals surface area contributed by atoms with Gasteiger partial charge in [0.1, 0.15) is 5.82 Å². The van der Waals surface area contributed by atoms with Gasteiger partial charge in [0.05, 0.1) is 29.3 Å². The second kappa shape index (κ2) is 10.1. The number of aromatic nitrogens is 2. The van der Waals surface area contributed by atoms with Crippen molar-refractivity contribution in [2.24, 2.45) is 0 Å². The maximum Gasteiger partial charge on any atom is 0.258 e. The highest BCUT2D eigenvalue weighted by Gasteiger charge is 2.23. The largest absolute Gasteiger partial charge is 0.376 e. The molecular formula is C24H27N3O3S. The zero-order chi connectivity index (χ0) is 21.6. The Balaban J connectivity index is 1.45. The third-order valence-corrected chi connectivity index (χ3v) is 6.37. The van der Waals surface area contributed by atoms with Crippen molar-refractivity contribution < 1.29 is 9.53 Å². The van der Waals surface area contributed by atoms with Gasteiger partial charge in [-0.3, -0.25) is 9.59 Å². The summed E-state index contributed by atoms with van der Waals surface area (Å²) in [6.45, 7) is 3.59. The van der Waals surface area contributed by atoms with Gasteiger partial charge in [-0.15, -0.1) is 11.8 Å². The molecule has 0 aliphatic carbocycles. The maximum absolute atomic E-state index is 13.1. The lowest BCUT2D eigenvalue weighted by Crippen LogP contribution is -2.38. The number of aryl methyl sites for hydroxylation is 1. The van der Waals surface area contributed by atoms with Crippen molar-refractivity contribution in [3.05, 3.63) is 75.8 Å². The highest BCUT2D eigenvalue weighted by Crippen LogP contribution is 2.18. The quantitative estimate of drug-likeness (QED) is 0.582. The summed E-state index contributed by atoms with van der Waals surface area (Å²) in [5, 5.41) is 0.553. The van der Waals surface area contributed by atoms with Crippen LogP contribution >= 0.6 is 11.8 Å². The van der Waals surface area contributed by atoms with Crippen molar-refractivity contribution >= 4 is 28.6 Å². The van der Waals surface area contributed by atoms with E-state index in [0.29, 0.717) is 29.0 Å². The van der Waals surface area contributed by atoms with E-state index in [-0.39, 0.29) is 24.1 Å². The Morgan fingerprint density at radius 2 is 2.13 bits per heavy atom. The molecule has 1 fully saturated rings. The lowest BCUT2D eigenvalue weighted by molar-refractivity contribution is -0.130. The molecule has 2 heterocycles. The number of nitrogens with one attached hydrogen (secondary N) is 1. The minimum atomic E-state index is -0.182. The van der Waals surface area contributed by atoms with Gasteiger partial charge in [0, 0.05) is 18.9 Å². The Morgan fingerprint density at radius 1 is 1.26 bits per heavy atom. The molecule has 31 heavy (non-hydrogen) atoms. The van der Waals surface area contributed by atoms with Crippen LogP contribution in [-0.4, -0.2) is 45.8 Å². The van der Waals surface area contributed by atoms with Gasteiger partial charge in [0.15, 0.2) is 0 Å². The van der Waals surface area contributed by atoms with Crippen molar-refractivity contribution in [3.63, 3.8) is 0 Å². The molecule has 1 amide bonds. The van der Waals surface area contributed by atoms with E-state index >= 15 is 0 Å². The molecule has 6 nitrogen and oxygen atoms in total. The minimum Gasteiger partial charge on any atom is -0.376 e. The van der Waals surface area contributed by atoms with Gasteiger partial charge in [-0.05, 0) is 37.5 Å². The number of fused-ring (bicyclic) bond motifs is 1. The molecule has 0 spiro atoms. The van der Waals surface area contributed by atoms with E-state index in [1.54, 1.807) is 22.7 Å². The number of carbonyl (C=O) groups excluding carboxylic acids is 1. The fraction of sp³-hybridized carbons (Fsp3) is 0.375. The van der Waals surface area contributed by atoms with Crippen LogP contribution in [0, 0.1) is 6.92 Å². The zero-order valence-electron chi connectivity index (χ0n) is 17.7. The molecular weight excluding hydrogens is 410 g/mol. The maximum atomic E-state index is 13.1. The number of carbonyl (C=O) groups is 1. The van der Waals surface area contributed by atoms with Crippen LogP contribution in [0.4, 0.5) is 0 Å². The fourth-order valence-electron chi connectivity index (χ4n) is 3.83. The second-order valence-electron chi connectivity index (χ2n) is 7.92. The normalized spacial score (nSPS) is 16.0. The minimum absolute atomic E-state index is 0.0314. The predicted octanol–water partition coefficient (Wildman–Crippen LogP) is 3.67. The van der Waals surface area contributed by atoms with E-state index in [0.717, 1.165) is 25.2 Å². The number of aromatic amines is 1. The van der Waals surface area contributed by atoms with Gasteiger partial charge < -0.3 is 14.6 Å². The third-order valence-electron chi connectivity index (χ3n) is 5.38. The van der Waals surface area contributed by atoms with Gasteiger partial charge >= 0.3 is 0 Å². The first kappa shape index (κ1) is 21.6. The number of benzene rings is 2. The number of rotatable bonds is 8. The molecule has 7 heteroatoms. The number of nitrogens with zero attached hydrogens (tertiary/aromatic N) is 2. The summed E-state index contributed by atoms with van der Waals surface area (Å²) >= 11 is 1.60. The monoisotopic (exact) mass is 437 g/mol. The molecule has 0 radical (unpaired) electrons. The molecule has 1 saturated heterocycles. The van der Waals surface area contributed by atoms with Crippen molar-refractivity contribution in [2.75, 3.05) is 18.9 Å². The van der Waals surface area contributed by atoms with Crippen LogP contribution in [-0.2, 0) is 21.8 Å². The van der Waals surface area contributed by atoms with E-state index in [1.165, 1.54) is 11.1 Å². The SMILES string of the molecule is Cc1cccc(CSCC(=O)N(Cc2nc3ccccc3c(=O)[nH]2)CC2CCCO2)c1. The van der Waals surface area contributed by atoms with E-state index in [9.17, 15) is 9.59 Å². The van der Waals surface area contributed by atoms with Gasteiger partial charge in [-0.25, -0.2) is 4.98 Å². The van der Waals surface area contributed by atoms with Crippen molar-refractivity contribution in [3.8, 4) is 0 Å². The molecule has 2 aromatic carbocycles. The number of H-pyrrole nitrogens is 1. The number of hydrogen-bond donors (Lipinski definition) is 1. The topological polar surface area (TPSA) is 75.3 Å². The molecule has 1 aliphatic heterocycles. The summed E-state index contributed by atoms with van der Waals surface area (Å²) < 4.78 is 5.76. The molecule has 4 rings (SSSR count). The standard InChI is InChI=1S/C24H27N3O3S/c1-17-6-4-7-18(12-17)15-31-16-23(28)27(13-19-8-5-11-30-19)14-22-25-21-10-3-2-9-20(21)24(29)26-22/h2-4,6-7,9-10,12,19H,5,8,11,13-16H2,1H3,(H,25,26,29). The Kier molecular flexibility index (Phi) is 7.04.